The fraction of sp³-hybridized carbons (Fsp3) is 0.263. The second kappa shape index (κ2) is 6.04. The molecule has 0 saturated heterocycles. The predicted octanol–water partition coefficient (Wildman–Crippen LogP) is 4.08. The molecule has 0 aliphatic rings. The molecule has 0 fully saturated rings. The van der Waals surface area contributed by atoms with Crippen LogP contribution >= 0.6 is 0 Å². The van der Waals surface area contributed by atoms with Crippen LogP contribution in [0, 0.1) is 27.7 Å². The normalized spacial score (nSPS) is 11.1. The van der Waals surface area contributed by atoms with Gasteiger partial charge in [0.05, 0.1) is 0 Å². The highest BCUT2D eigenvalue weighted by molar-refractivity contribution is 5.70. The number of aryl methyl sites for hydroxylation is 3. The topological polar surface area (TPSA) is 16.2 Å². The summed E-state index contributed by atoms with van der Waals surface area (Å²) in [6.07, 6.45) is 5.84. The van der Waals surface area contributed by atoms with Crippen molar-refractivity contribution in [2.45, 2.75) is 27.7 Å². The molecule has 1 aromatic carbocycles. The molecule has 0 N–H and O–H groups in total. The van der Waals surface area contributed by atoms with Gasteiger partial charge in [-0.15, -0.1) is 0 Å². The monoisotopic (exact) mass is 279 g/mol. The van der Waals surface area contributed by atoms with E-state index in [1.807, 2.05) is 6.08 Å². The fourth-order valence-electron chi connectivity index (χ4n) is 2.78. The summed E-state index contributed by atoms with van der Waals surface area (Å²) in [4.78, 5) is 3.81. The molecule has 2 aromatic rings. The van der Waals surface area contributed by atoms with Gasteiger partial charge < -0.3 is 0 Å². The second-order valence-corrected chi connectivity index (χ2v) is 5.61. The maximum atomic E-state index is 3.81. The van der Waals surface area contributed by atoms with Crippen LogP contribution in [0.1, 0.15) is 27.8 Å². The Morgan fingerprint density at radius 3 is 2.48 bits per heavy atom. The van der Waals surface area contributed by atoms with E-state index in [1.54, 1.807) is 6.20 Å². The Kier molecular flexibility index (Phi) is 4.37. The molecule has 108 valence electrons. The summed E-state index contributed by atoms with van der Waals surface area (Å²) in [5.74, 6) is 0. The third-order valence-corrected chi connectivity index (χ3v) is 4.04. The summed E-state index contributed by atoms with van der Waals surface area (Å²) in [6, 6.07) is 6.61. The van der Waals surface area contributed by atoms with Crippen molar-refractivity contribution in [2.75, 3.05) is 0 Å². The number of nitrogens with zero attached hydrogens (tertiary/aromatic N) is 2. The molecule has 0 radical (unpaired) electrons. The average Bonchev–Trinajstić information content (AvgIpc) is 2.43. The lowest BCUT2D eigenvalue weighted by molar-refractivity contribution is -0.660. The molecule has 2 rings (SSSR count). The highest BCUT2D eigenvalue weighted by atomic mass is 14.9. The smallest absolute Gasteiger partial charge is 0.216 e. The molecule has 2 nitrogen and oxygen atoms in total. The molecule has 0 aliphatic carbocycles. The van der Waals surface area contributed by atoms with Crippen LogP contribution in [0.4, 0.5) is 0 Å². The fourth-order valence-corrected chi connectivity index (χ4v) is 2.78. The van der Waals surface area contributed by atoms with Crippen LogP contribution in [-0.4, -0.2) is 6.72 Å². The Hall–Kier alpha value is -2.22. The summed E-state index contributed by atoms with van der Waals surface area (Å²) >= 11 is 0. The molecule has 0 aliphatic heterocycles. The van der Waals surface area contributed by atoms with E-state index >= 15 is 0 Å². The Balaban J connectivity index is 2.75. The number of aliphatic imine (C=N–C) groups is 1. The zero-order valence-corrected chi connectivity index (χ0v) is 13.6. The second-order valence-electron chi connectivity index (χ2n) is 5.61. The molecule has 1 aromatic heterocycles. The van der Waals surface area contributed by atoms with E-state index in [4.69, 9.17) is 0 Å². The van der Waals surface area contributed by atoms with Gasteiger partial charge in [0.1, 0.15) is 7.05 Å². The molecule has 2 heteroatoms. The van der Waals surface area contributed by atoms with Crippen LogP contribution in [0.2, 0.25) is 0 Å². The molecule has 21 heavy (non-hydrogen) atoms. The Morgan fingerprint density at radius 2 is 1.81 bits per heavy atom. The zero-order chi connectivity index (χ0) is 15.6. The standard InChI is InChI=1S/C19H23N2/c1-13-11-14(2)15(3)18(12-13)19-16(4)17(7-9-20-5)8-10-21(19)6/h7-12H,5H2,1-4,6H3/q+1. The number of hydrogen-bond acceptors (Lipinski definition) is 1. The number of hydrogen-bond donors (Lipinski definition) is 0. The van der Waals surface area contributed by atoms with Crippen LogP contribution in [0.25, 0.3) is 17.3 Å². The van der Waals surface area contributed by atoms with Crippen molar-refractivity contribution >= 4 is 12.8 Å². The van der Waals surface area contributed by atoms with Gasteiger partial charge in [0.15, 0.2) is 6.20 Å². The van der Waals surface area contributed by atoms with E-state index in [0.717, 1.165) is 0 Å². The molecule has 0 atom stereocenters. The summed E-state index contributed by atoms with van der Waals surface area (Å²) in [5, 5.41) is 0. The third kappa shape index (κ3) is 2.94. The average molecular weight is 279 g/mol. The van der Waals surface area contributed by atoms with Crippen LogP contribution < -0.4 is 4.57 Å². The first kappa shape index (κ1) is 15.2. The van der Waals surface area contributed by atoms with Gasteiger partial charge in [0.25, 0.3) is 0 Å². The van der Waals surface area contributed by atoms with E-state index in [9.17, 15) is 0 Å². The van der Waals surface area contributed by atoms with Crippen molar-refractivity contribution in [1.29, 1.82) is 0 Å². The van der Waals surface area contributed by atoms with Crippen LogP contribution in [0.3, 0.4) is 0 Å². The van der Waals surface area contributed by atoms with Crippen molar-refractivity contribution in [2.24, 2.45) is 12.0 Å². The summed E-state index contributed by atoms with van der Waals surface area (Å²) < 4.78 is 2.19. The molecular formula is C19H23N2+. The maximum absolute atomic E-state index is 3.81. The minimum Gasteiger partial charge on any atom is -0.272 e. The van der Waals surface area contributed by atoms with Gasteiger partial charge in [-0.2, -0.15) is 0 Å². The van der Waals surface area contributed by atoms with Gasteiger partial charge in [0.2, 0.25) is 5.69 Å². The minimum absolute atomic E-state index is 1.18. The van der Waals surface area contributed by atoms with Gasteiger partial charge in [-0.05, 0) is 63.2 Å². The summed E-state index contributed by atoms with van der Waals surface area (Å²) in [5.41, 5.74) is 8.95. The number of aromatic nitrogens is 1. The van der Waals surface area contributed by atoms with Gasteiger partial charge in [-0.25, -0.2) is 4.57 Å². The maximum Gasteiger partial charge on any atom is 0.216 e. The first-order valence-corrected chi connectivity index (χ1v) is 7.15. The SMILES string of the molecule is C=N/C=C\c1cc[n+](C)c(-c2cc(C)cc(C)c2C)c1C. The van der Waals surface area contributed by atoms with E-state index in [1.165, 1.54) is 39.1 Å². The number of benzene rings is 1. The van der Waals surface area contributed by atoms with Crippen molar-refractivity contribution in [3.63, 3.8) is 0 Å². The predicted molar refractivity (Wildman–Crippen MR) is 90.6 cm³/mol. The van der Waals surface area contributed by atoms with Gasteiger partial charge >= 0.3 is 0 Å². The largest absolute Gasteiger partial charge is 0.272 e. The van der Waals surface area contributed by atoms with Crippen LogP contribution in [0.5, 0.6) is 0 Å². The van der Waals surface area contributed by atoms with E-state index in [-0.39, 0.29) is 0 Å². The summed E-state index contributed by atoms with van der Waals surface area (Å²) in [7, 11) is 2.10. The molecule has 0 spiro atoms. The first-order chi connectivity index (χ1) is 9.95. The molecule has 0 saturated carbocycles. The Morgan fingerprint density at radius 1 is 1.10 bits per heavy atom. The quantitative estimate of drug-likeness (QED) is 0.594. The van der Waals surface area contributed by atoms with Gasteiger partial charge in [-0.3, -0.25) is 4.99 Å². The first-order valence-electron chi connectivity index (χ1n) is 7.15. The molecule has 0 bridgehead atoms. The molecule has 0 amide bonds. The van der Waals surface area contributed by atoms with Crippen molar-refractivity contribution in [3.8, 4) is 11.3 Å². The molecule has 1 heterocycles. The van der Waals surface area contributed by atoms with E-state index in [0.29, 0.717) is 0 Å². The highest BCUT2D eigenvalue weighted by Crippen LogP contribution is 2.28. The van der Waals surface area contributed by atoms with Crippen LogP contribution in [0.15, 0.2) is 35.6 Å². The Bertz CT molecular complexity index is 725. The minimum atomic E-state index is 1.18. The summed E-state index contributed by atoms with van der Waals surface area (Å²) in [6.45, 7) is 12.2. The zero-order valence-electron chi connectivity index (χ0n) is 13.6. The van der Waals surface area contributed by atoms with Gasteiger partial charge in [0, 0.05) is 23.4 Å². The number of pyridine rings is 1. The molecule has 0 unspecified atom stereocenters. The lowest BCUT2D eigenvalue weighted by Gasteiger charge is -2.12. The van der Waals surface area contributed by atoms with Gasteiger partial charge in [-0.1, -0.05) is 11.6 Å². The van der Waals surface area contributed by atoms with E-state index in [2.05, 4.69) is 75.4 Å². The van der Waals surface area contributed by atoms with Crippen molar-refractivity contribution in [1.82, 2.24) is 0 Å². The highest BCUT2D eigenvalue weighted by Gasteiger charge is 2.18. The Labute approximate surface area is 127 Å². The lowest BCUT2D eigenvalue weighted by atomic mass is 9.94. The van der Waals surface area contributed by atoms with Crippen molar-refractivity contribution in [3.05, 3.63) is 58.4 Å². The molecular weight excluding hydrogens is 256 g/mol. The number of rotatable bonds is 3. The van der Waals surface area contributed by atoms with E-state index < -0.39 is 0 Å². The third-order valence-electron chi connectivity index (χ3n) is 4.04. The van der Waals surface area contributed by atoms with Crippen LogP contribution in [-0.2, 0) is 7.05 Å². The lowest BCUT2D eigenvalue weighted by Crippen LogP contribution is -2.32. The van der Waals surface area contributed by atoms with Crippen molar-refractivity contribution < 1.29 is 4.57 Å².